The summed E-state index contributed by atoms with van der Waals surface area (Å²) in [6.45, 7) is 6.25. The molecule has 0 aliphatic carbocycles. The molecule has 0 saturated carbocycles. The molecule has 8 heteroatoms. The van der Waals surface area contributed by atoms with E-state index in [1.165, 1.54) is 17.3 Å². The predicted molar refractivity (Wildman–Crippen MR) is 121 cm³/mol. The van der Waals surface area contributed by atoms with Crippen LogP contribution in [0, 0.1) is 0 Å². The maximum absolute atomic E-state index is 12.2. The maximum atomic E-state index is 12.2. The third-order valence-corrected chi connectivity index (χ3v) is 5.92. The molecule has 1 heterocycles. The van der Waals surface area contributed by atoms with Gasteiger partial charge in [-0.25, -0.2) is 0 Å². The number of benzene rings is 2. The van der Waals surface area contributed by atoms with E-state index in [-0.39, 0.29) is 17.8 Å². The number of ether oxygens (including phenoxy) is 1. The zero-order chi connectivity index (χ0) is 21.7. The molecule has 0 aliphatic heterocycles. The van der Waals surface area contributed by atoms with Crippen LogP contribution in [0.1, 0.15) is 44.2 Å². The molecular weight excluding hydrogens is 420 g/mol. The predicted octanol–water partition coefficient (Wildman–Crippen LogP) is 5.46. The van der Waals surface area contributed by atoms with Crippen LogP contribution in [0.15, 0.2) is 53.7 Å². The Hall–Kier alpha value is -2.51. The lowest BCUT2D eigenvalue weighted by Gasteiger charge is -2.15. The molecule has 0 aliphatic rings. The highest BCUT2D eigenvalue weighted by Gasteiger charge is 2.18. The number of hydrogen-bond acceptors (Lipinski definition) is 5. The third kappa shape index (κ3) is 5.55. The molecule has 1 amide bonds. The Kier molecular flexibility index (Phi) is 7.39. The van der Waals surface area contributed by atoms with Gasteiger partial charge in [-0.1, -0.05) is 61.5 Å². The second-order valence-electron chi connectivity index (χ2n) is 7.20. The van der Waals surface area contributed by atoms with Gasteiger partial charge in [0.1, 0.15) is 5.75 Å². The summed E-state index contributed by atoms with van der Waals surface area (Å²) in [7, 11) is 1.87. The minimum absolute atomic E-state index is 0.160. The number of nitrogens with zero attached hydrogens (tertiary/aromatic N) is 3. The summed E-state index contributed by atoms with van der Waals surface area (Å²) < 4.78 is 7.87. The number of carbonyl (C=O) groups excluding carboxylic acids is 1. The fraction of sp³-hybridized carbons (Fsp3) is 0.318. The van der Waals surface area contributed by atoms with Gasteiger partial charge in [0.2, 0.25) is 5.91 Å². The molecule has 0 spiro atoms. The molecule has 0 radical (unpaired) electrons. The number of thioether (sulfide) groups is 1. The highest BCUT2D eigenvalue weighted by molar-refractivity contribution is 7.99. The molecular formula is C22H25ClN4O2S. The van der Waals surface area contributed by atoms with E-state index in [0.717, 1.165) is 5.75 Å². The van der Waals surface area contributed by atoms with Gasteiger partial charge in [0.15, 0.2) is 17.1 Å². The van der Waals surface area contributed by atoms with Crippen molar-refractivity contribution in [3.05, 3.63) is 64.9 Å². The van der Waals surface area contributed by atoms with E-state index in [1.807, 2.05) is 42.8 Å². The summed E-state index contributed by atoms with van der Waals surface area (Å²) in [6, 6.07) is 15.2. The van der Waals surface area contributed by atoms with Crippen LogP contribution in [0.2, 0.25) is 5.02 Å². The van der Waals surface area contributed by atoms with Crippen molar-refractivity contribution < 1.29 is 9.53 Å². The lowest BCUT2D eigenvalue weighted by molar-refractivity contribution is -0.113. The van der Waals surface area contributed by atoms with Crippen LogP contribution in [0.3, 0.4) is 0 Å². The van der Waals surface area contributed by atoms with Crippen LogP contribution in [-0.4, -0.2) is 26.4 Å². The molecule has 158 valence electrons. The van der Waals surface area contributed by atoms with Gasteiger partial charge in [-0.05, 0) is 42.7 Å². The molecule has 6 nitrogen and oxygen atoms in total. The number of anilines is 1. The average molecular weight is 445 g/mol. The van der Waals surface area contributed by atoms with Gasteiger partial charge in [0.25, 0.3) is 0 Å². The molecule has 30 heavy (non-hydrogen) atoms. The van der Waals surface area contributed by atoms with Crippen LogP contribution in [0.25, 0.3) is 0 Å². The van der Waals surface area contributed by atoms with Gasteiger partial charge >= 0.3 is 0 Å². The van der Waals surface area contributed by atoms with Crippen molar-refractivity contribution in [2.75, 3.05) is 11.1 Å². The molecule has 0 saturated heterocycles. The van der Waals surface area contributed by atoms with Crippen LogP contribution >= 0.6 is 23.4 Å². The van der Waals surface area contributed by atoms with E-state index in [0.29, 0.717) is 27.6 Å². The average Bonchev–Trinajstić information content (AvgIpc) is 3.09. The SMILES string of the molecule is CC(C)c1ccc(OC(C)c2nnc(SCC(=O)Nc3ccccc3Cl)n2C)cc1. The van der Waals surface area contributed by atoms with E-state index in [1.54, 1.807) is 12.1 Å². The first kappa shape index (κ1) is 22.2. The van der Waals surface area contributed by atoms with E-state index in [4.69, 9.17) is 16.3 Å². The Morgan fingerprint density at radius 1 is 1.13 bits per heavy atom. The molecule has 0 fully saturated rings. The Bertz CT molecular complexity index is 1000. The van der Waals surface area contributed by atoms with Crippen LogP contribution < -0.4 is 10.1 Å². The van der Waals surface area contributed by atoms with Gasteiger partial charge in [0, 0.05) is 7.05 Å². The van der Waals surface area contributed by atoms with Crippen molar-refractivity contribution in [2.24, 2.45) is 7.05 Å². The Morgan fingerprint density at radius 2 is 1.83 bits per heavy atom. The van der Waals surface area contributed by atoms with Gasteiger partial charge in [-0.15, -0.1) is 10.2 Å². The normalized spacial score (nSPS) is 12.1. The topological polar surface area (TPSA) is 69.0 Å². The van der Waals surface area contributed by atoms with Crippen molar-refractivity contribution in [1.82, 2.24) is 14.8 Å². The van der Waals surface area contributed by atoms with E-state index < -0.39 is 0 Å². The third-order valence-electron chi connectivity index (χ3n) is 4.57. The van der Waals surface area contributed by atoms with Gasteiger partial charge in [0.05, 0.1) is 16.5 Å². The smallest absolute Gasteiger partial charge is 0.234 e. The minimum atomic E-state index is -0.279. The van der Waals surface area contributed by atoms with Crippen molar-refractivity contribution in [1.29, 1.82) is 0 Å². The van der Waals surface area contributed by atoms with Gasteiger partial charge < -0.3 is 14.6 Å². The Morgan fingerprint density at radius 3 is 2.50 bits per heavy atom. The Balaban J connectivity index is 1.58. The highest BCUT2D eigenvalue weighted by atomic mass is 35.5. The molecule has 2 aromatic carbocycles. The van der Waals surface area contributed by atoms with E-state index in [2.05, 4.69) is 41.5 Å². The summed E-state index contributed by atoms with van der Waals surface area (Å²) in [5.74, 6) is 1.99. The summed E-state index contributed by atoms with van der Waals surface area (Å²) in [5.41, 5.74) is 1.86. The molecule has 1 unspecified atom stereocenters. The quantitative estimate of drug-likeness (QED) is 0.467. The highest BCUT2D eigenvalue weighted by Crippen LogP contribution is 2.26. The molecule has 1 aromatic heterocycles. The fourth-order valence-electron chi connectivity index (χ4n) is 2.87. The van der Waals surface area contributed by atoms with Gasteiger partial charge in [-0.2, -0.15) is 0 Å². The molecule has 1 atom stereocenters. The van der Waals surface area contributed by atoms with Crippen LogP contribution in [-0.2, 0) is 11.8 Å². The number of carbonyl (C=O) groups is 1. The van der Waals surface area contributed by atoms with Crippen molar-refractivity contribution in [3.63, 3.8) is 0 Å². The lowest BCUT2D eigenvalue weighted by atomic mass is 10.0. The first-order chi connectivity index (χ1) is 14.3. The second-order valence-corrected chi connectivity index (χ2v) is 8.55. The molecule has 1 N–H and O–H groups in total. The Labute approximate surface area is 186 Å². The van der Waals surface area contributed by atoms with Crippen LogP contribution in [0.4, 0.5) is 5.69 Å². The maximum Gasteiger partial charge on any atom is 0.234 e. The number of para-hydroxylation sites is 1. The number of amides is 1. The number of aromatic nitrogens is 3. The summed E-state index contributed by atoms with van der Waals surface area (Å²) >= 11 is 7.39. The van der Waals surface area contributed by atoms with E-state index in [9.17, 15) is 4.79 Å². The van der Waals surface area contributed by atoms with Crippen molar-refractivity contribution in [3.8, 4) is 5.75 Å². The first-order valence-corrected chi connectivity index (χ1v) is 11.0. The monoisotopic (exact) mass is 444 g/mol. The summed E-state index contributed by atoms with van der Waals surface area (Å²) in [5, 5.41) is 12.4. The number of rotatable bonds is 8. The van der Waals surface area contributed by atoms with Crippen LogP contribution in [0.5, 0.6) is 5.75 Å². The van der Waals surface area contributed by atoms with E-state index >= 15 is 0 Å². The first-order valence-electron chi connectivity index (χ1n) is 9.68. The fourth-order valence-corrected chi connectivity index (χ4v) is 3.77. The summed E-state index contributed by atoms with van der Waals surface area (Å²) in [4.78, 5) is 12.2. The molecule has 0 bridgehead atoms. The number of hydrogen-bond donors (Lipinski definition) is 1. The van der Waals surface area contributed by atoms with Crippen molar-refractivity contribution in [2.45, 2.75) is 37.9 Å². The summed E-state index contributed by atoms with van der Waals surface area (Å²) in [6.07, 6.45) is -0.279. The molecule has 3 aromatic rings. The molecule has 3 rings (SSSR count). The zero-order valence-corrected chi connectivity index (χ0v) is 19.0. The lowest BCUT2D eigenvalue weighted by Crippen LogP contribution is -2.15. The van der Waals surface area contributed by atoms with Crippen molar-refractivity contribution >= 4 is 35.0 Å². The second kappa shape index (κ2) is 10.00. The standard InChI is InChI=1S/C22H25ClN4O2S/c1-14(2)16-9-11-17(12-10-16)29-15(3)21-25-26-22(27(21)4)30-13-20(28)24-19-8-6-5-7-18(19)23/h5-12,14-15H,13H2,1-4H3,(H,24,28). The number of halogens is 1. The minimum Gasteiger partial charge on any atom is -0.483 e. The largest absolute Gasteiger partial charge is 0.483 e. The number of nitrogens with one attached hydrogen (secondary N) is 1. The zero-order valence-electron chi connectivity index (χ0n) is 17.4. The van der Waals surface area contributed by atoms with Gasteiger partial charge in [-0.3, -0.25) is 4.79 Å².